The van der Waals surface area contributed by atoms with E-state index < -0.39 is 5.82 Å². The molecule has 3 aromatic rings. The number of piperazine rings is 1. The molecular formula is C26H27ClFN5O2. The molecule has 5 rings (SSSR count). The summed E-state index contributed by atoms with van der Waals surface area (Å²) in [5.41, 5.74) is 2.91. The lowest BCUT2D eigenvalue weighted by Crippen LogP contribution is -2.62. The van der Waals surface area contributed by atoms with Gasteiger partial charge in [0, 0.05) is 32.2 Å². The fourth-order valence-corrected chi connectivity index (χ4v) is 5.64. The van der Waals surface area contributed by atoms with Gasteiger partial charge in [0.05, 0.1) is 16.6 Å². The van der Waals surface area contributed by atoms with Crippen LogP contribution < -0.4 is 15.2 Å². The number of hydrogen-bond acceptors (Lipinski definition) is 6. The molecule has 3 atom stereocenters. The number of ether oxygens (including phenoxy) is 1. The maximum Gasteiger partial charge on any atom is 0.295 e. The molecule has 2 aromatic heterocycles. The summed E-state index contributed by atoms with van der Waals surface area (Å²) in [5, 5.41) is 9.56. The van der Waals surface area contributed by atoms with E-state index in [0.29, 0.717) is 42.1 Å². The van der Waals surface area contributed by atoms with Crippen LogP contribution in [0.5, 0.6) is 5.75 Å². The zero-order chi connectivity index (χ0) is 24.9. The van der Waals surface area contributed by atoms with E-state index >= 15 is 0 Å². The van der Waals surface area contributed by atoms with Gasteiger partial charge in [0.15, 0.2) is 0 Å². The van der Waals surface area contributed by atoms with Gasteiger partial charge in [-0.05, 0) is 42.7 Å². The molecule has 0 spiro atoms. The largest absolute Gasteiger partial charge is 0.484 e. The van der Waals surface area contributed by atoms with E-state index in [0.717, 1.165) is 18.4 Å². The van der Waals surface area contributed by atoms with Crippen LogP contribution in [-0.4, -0.2) is 46.2 Å². The van der Waals surface area contributed by atoms with E-state index in [1.54, 1.807) is 25.2 Å². The van der Waals surface area contributed by atoms with Crippen molar-refractivity contribution >= 4 is 28.3 Å². The minimum Gasteiger partial charge on any atom is -0.484 e. The topological polar surface area (TPSA) is 74.4 Å². The van der Waals surface area contributed by atoms with Crippen molar-refractivity contribution in [1.29, 1.82) is 5.26 Å². The molecule has 182 valence electrons. The van der Waals surface area contributed by atoms with Gasteiger partial charge in [-0.1, -0.05) is 31.5 Å². The standard InChI is InChI=1S/C26H27ClFN5O2/c1-4-17-12-33-18(13-32(17)21(5-2)15-6-8-19(27)20(28)10-15)14-35-25-24(33)23-22(31(3)26(25)34)9-7-16(11-29)30-23/h6-10,17-18,21H,4-5,12-14H2,1-3H3/t17-,18+,21?/m1/s1. The first-order valence-corrected chi connectivity index (χ1v) is 12.3. The number of halogens is 2. The number of nitrogens with zero attached hydrogens (tertiary/aromatic N) is 5. The summed E-state index contributed by atoms with van der Waals surface area (Å²) in [6.45, 7) is 5.97. The van der Waals surface area contributed by atoms with Crippen molar-refractivity contribution in [2.24, 2.45) is 7.05 Å². The van der Waals surface area contributed by atoms with Gasteiger partial charge in [0.2, 0.25) is 5.75 Å². The van der Waals surface area contributed by atoms with E-state index in [1.807, 2.05) is 6.07 Å². The van der Waals surface area contributed by atoms with Gasteiger partial charge in [-0.2, -0.15) is 5.26 Å². The third-order valence-corrected chi connectivity index (χ3v) is 7.63. The first-order chi connectivity index (χ1) is 16.9. The lowest BCUT2D eigenvalue weighted by Gasteiger charge is -2.51. The maximum atomic E-state index is 14.3. The van der Waals surface area contributed by atoms with E-state index in [2.05, 4.69) is 34.7 Å². The van der Waals surface area contributed by atoms with Gasteiger partial charge in [0.25, 0.3) is 5.56 Å². The highest BCUT2D eigenvalue weighted by molar-refractivity contribution is 6.30. The van der Waals surface area contributed by atoms with E-state index in [-0.39, 0.29) is 34.5 Å². The predicted octanol–water partition coefficient (Wildman–Crippen LogP) is 4.41. The van der Waals surface area contributed by atoms with Gasteiger partial charge in [-0.3, -0.25) is 9.69 Å². The molecule has 0 bridgehead atoms. The Morgan fingerprint density at radius 1 is 1.29 bits per heavy atom. The Bertz CT molecular complexity index is 1400. The second-order valence-corrected chi connectivity index (χ2v) is 9.60. The maximum absolute atomic E-state index is 14.3. The highest BCUT2D eigenvalue weighted by atomic mass is 35.5. The summed E-state index contributed by atoms with van der Waals surface area (Å²) in [4.78, 5) is 22.4. The summed E-state index contributed by atoms with van der Waals surface area (Å²) in [7, 11) is 1.69. The number of anilines is 1. The number of aryl methyl sites for hydroxylation is 1. The van der Waals surface area contributed by atoms with Gasteiger partial charge in [-0.15, -0.1) is 0 Å². The second-order valence-electron chi connectivity index (χ2n) is 9.19. The number of benzene rings is 1. The number of nitriles is 1. The molecule has 1 aromatic carbocycles. The molecular weight excluding hydrogens is 469 g/mol. The van der Waals surface area contributed by atoms with Crippen LogP contribution in [0.1, 0.15) is 44.0 Å². The number of fused-ring (bicyclic) bond motifs is 5. The number of rotatable bonds is 4. The van der Waals surface area contributed by atoms with E-state index in [9.17, 15) is 14.4 Å². The molecule has 1 fully saturated rings. The summed E-state index contributed by atoms with van der Waals surface area (Å²) in [6.07, 6.45) is 1.70. The van der Waals surface area contributed by atoms with Crippen LogP contribution in [0.25, 0.3) is 11.0 Å². The Hall–Kier alpha value is -3.15. The van der Waals surface area contributed by atoms with Crippen molar-refractivity contribution in [3.63, 3.8) is 0 Å². The average molecular weight is 496 g/mol. The highest BCUT2D eigenvalue weighted by Gasteiger charge is 2.42. The zero-order valence-corrected chi connectivity index (χ0v) is 20.7. The van der Waals surface area contributed by atoms with Crippen molar-refractivity contribution in [1.82, 2.24) is 14.5 Å². The van der Waals surface area contributed by atoms with Gasteiger partial charge >= 0.3 is 0 Å². The smallest absolute Gasteiger partial charge is 0.295 e. The lowest BCUT2D eigenvalue weighted by molar-refractivity contribution is 0.0719. The van der Waals surface area contributed by atoms with Crippen LogP contribution in [-0.2, 0) is 7.05 Å². The molecule has 0 amide bonds. The Balaban J connectivity index is 1.58. The van der Waals surface area contributed by atoms with Crippen molar-refractivity contribution in [3.8, 4) is 11.8 Å². The Labute approximate surface area is 208 Å². The average Bonchev–Trinajstić information content (AvgIpc) is 2.88. The number of pyridine rings is 2. The molecule has 0 aliphatic carbocycles. The molecule has 2 aliphatic rings. The van der Waals surface area contributed by atoms with Crippen molar-refractivity contribution in [2.75, 3.05) is 24.6 Å². The Morgan fingerprint density at radius 2 is 2.09 bits per heavy atom. The van der Waals surface area contributed by atoms with Crippen LogP contribution in [0.2, 0.25) is 5.02 Å². The van der Waals surface area contributed by atoms with Crippen LogP contribution in [0.3, 0.4) is 0 Å². The third kappa shape index (κ3) is 3.83. The van der Waals surface area contributed by atoms with E-state index in [4.69, 9.17) is 16.3 Å². The molecule has 0 saturated carbocycles. The van der Waals surface area contributed by atoms with Crippen LogP contribution in [0.4, 0.5) is 10.1 Å². The molecule has 9 heteroatoms. The highest BCUT2D eigenvalue weighted by Crippen LogP contribution is 2.41. The zero-order valence-electron chi connectivity index (χ0n) is 20.0. The van der Waals surface area contributed by atoms with Crippen LogP contribution in [0.15, 0.2) is 35.1 Å². The number of aromatic nitrogens is 2. The normalized spacial score (nSPS) is 20.6. The lowest BCUT2D eigenvalue weighted by atomic mass is 9.94. The minimum absolute atomic E-state index is 0.0145. The first kappa shape index (κ1) is 23.6. The quantitative estimate of drug-likeness (QED) is 0.533. The molecule has 0 N–H and O–H groups in total. The molecule has 4 heterocycles. The predicted molar refractivity (Wildman–Crippen MR) is 134 cm³/mol. The Morgan fingerprint density at radius 3 is 2.77 bits per heavy atom. The van der Waals surface area contributed by atoms with E-state index in [1.165, 1.54) is 10.6 Å². The summed E-state index contributed by atoms with van der Waals surface area (Å²) >= 11 is 5.94. The summed E-state index contributed by atoms with van der Waals surface area (Å²) in [5.74, 6) is -0.125. The monoisotopic (exact) mass is 495 g/mol. The van der Waals surface area contributed by atoms with Crippen molar-refractivity contribution in [3.05, 3.63) is 62.8 Å². The fraction of sp³-hybridized carbons (Fsp3) is 0.423. The fourth-order valence-electron chi connectivity index (χ4n) is 5.52. The van der Waals surface area contributed by atoms with Crippen molar-refractivity contribution in [2.45, 2.75) is 44.8 Å². The molecule has 7 nitrogen and oxygen atoms in total. The summed E-state index contributed by atoms with van der Waals surface area (Å²) < 4.78 is 21.9. The molecule has 0 radical (unpaired) electrons. The van der Waals surface area contributed by atoms with Gasteiger partial charge < -0.3 is 14.2 Å². The number of hydrogen-bond donors (Lipinski definition) is 0. The molecule has 1 unspecified atom stereocenters. The third-order valence-electron chi connectivity index (χ3n) is 7.32. The second kappa shape index (κ2) is 9.14. The molecule has 1 saturated heterocycles. The minimum atomic E-state index is -0.411. The molecule has 2 aliphatic heterocycles. The van der Waals surface area contributed by atoms with Gasteiger partial charge in [0.1, 0.15) is 35.4 Å². The van der Waals surface area contributed by atoms with Crippen LogP contribution in [0, 0.1) is 17.1 Å². The first-order valence-electron chi connectivity index (χ1n) is 11.9. The van der Waals surface area contributed by atoms with Crippen molar-refractivity contribution < 1.29 is 9.13 Å². The van der Waals surface area contributed by atoms with Crippen LogP contribution >= 0.6 is 11.6 Å². The Kier molecular flexibility index (Phi) is 6.16. The molecule has 35 heavy (non-hydrogen) atoms. The van der Waals surface area contributed by atoms with Gasteiger partial charge in [-0.25, -0.2) is 9.37 Å². The summed E-state index contributed by atoms with van der Waals surface area (Å²) in [6, 6.07) is 10.7. The SMILES string of the molecule is CCC(c1ccc(Cl)c(F)c1)N1C[C@H]2COc3c(c4nc(C#N)ccc4n(C)c3=O)N2C[C@H]1CC.